The summed E-state index contributed by atoms with van der Waals surface area (Å²) in [6, 6.07) is 0. The summed E-state index contributed by atoms with van der Waals surface area (Å²) >= 11 is 0. The fraction of sp³-hybridized carbons (Fsp3) is 0.667. The zero-order chi connectivity index (χ0) is 18.4. The van der Waals surface area contributed by atoms with Crippen LogP contribution in [0.15, 0.2) is 0 Å². The lowest BCUT2D eigenvalue weighted by atomic mass is 10.1. The molecule has 0 amide bonds. The van der Waals surface area contributed by atoms with Crippen molar-refractivity contribution in [2.45, 2.75) is 6.42 Å². The van der Waals surface area contributed by atoms with Crippen LogP contribution < -0.4 is 0 Å². The zero-order valence-electron chi connectivity index (χ0n) is 13.8. The van der Waals surface area contributed by atoms with Gasteiger partial charge in [-0.2, -0.15) is 0 Å². The van der Waals surface area contributed by atoms with E-state index in [1.807, 2.05) is 0 Å². The maximum absolute atomic E-state index is 11.4. The van der Waals surface area contributed by atoms with Crippen LogP contribution in [0.1, 0.15) is 6.42 Å². The number of carboxylic acids is 1. The van der Waals surface area contributed by atoms with Gasteiger partial charge in [0.2, 0.25) is 0 Å². The van der Waals surface area contributed by atoms with E-state index in [-0.39, 0.29) is 50.7 Å². The molecule has 10 heteroatoms. The number of ketones is 2. The van der Waals surface area contributed by atoms with Gasteiger partial charge >= 0.3 is 17.9 Å². The van der Waals surface area contributed by atoms with E-state index in [0.717, 1.165) is 0 Å². The average Bonchev–Trinajstić information content (AvgIpc) is 2.47. The number of hydrogen-bond acceptors (Lipinski definition) is 9. The van der Waals surface area contributed by atoms with Gasteiger partial charge in [-0.05, 0) is 0 Å². The van der Waals surface area contributed by atoms with Crippen molar-refractivity contribution < 1.29 is 33.8 Å². The lowest BCUT2D eigenvalue weighted by Crippen LogP contribution is -2.48. The number of nitrogens with zero attached hydrogens (tertiary/aromatic N) is 3. The molecule has 2 saturated heterocycles. The molecule has 0 spiro atoms. The number of likely N-dealkylation sites (tertiary alicyclic amines) is 1. The third kappa shape index (κ3) is 6.69. The third-order valence-electron chi connectivity index (χ3n) is 3.95. The summed E-state index contributed by atoms with van der Waals surface area (Å²) in [6.45, 7) is 1.59. The van der Waals surface area contributed by atoms with Crippen molar-refractivity contribution in [2.75, 3.05) is 58.9 Å². The van der Waals surface area contributed by atoms with E-state index in [0.29, 0.717) is 26.2 Å². The van der Waals surface area contributed by atoms with Gasteiger partial charge in [0, 0.05) is 26.2 Å². The molecule has 0 aliphatic carbocycles. The number of carbonyl (C=O) groups is 5. The van der Waals surface area contributed by atoms with Gasteiger partial charge in [-0.25, -0.2) is 0 Å². The summed E-state index contributed by atoms with van der Waals surface area (Å²) in [5.74, 6) is -2.50. The molecule has 2 fully saturated rings. The van der Waals surface area contributed by atoms with E-state index in [4.69, 9.17) is 5.11 Å². The molecule has 0 radical (unpaired) electrons. The molecule has 138 valence electrons. The van der Waals surface area contributed by atoms with Gasteiger partial charge in [0.15, 0.2) is 11.6 Å². The van der Waals surface area contributed by atoms with Crippen LogP contribution in [0.2, 0.25) is 0 Å². The molecule has 0 bridgehead atoms. The zero-order valence-corrected chi connectivity index (χ0v) is 13.8. The standard InChI is InChI=1S/C15H21N3O7/c19-11-5-12(20)7-17(6-11)3-1-16(8-13(21)22)2-4-18-9-14(23)25-15(24)10-18/h1-10H2,(H,21,22). The van der Waals surface area contributed by atoms with E-state index in [1.54, 1.807) is 14.7 Å². The van der Waals surface area contributed by atoms with Crippen molar-refractivity contribution in [1.29, 1.82) is 0 Å². The van der Waals surface area contributed by atoms with Gasteiger partial charge in [-0.15, -0.1) is 0 Å². The second-order valence-corrected chi connectivity index (χ2v) is 6.19. The van der Waals surface area contributed by atoms with Crippen LogP contribution in [-0.2, 0) is 28.7 Å². The van der Waals surface area contributed by atoms with Crippen molar-refractivity contribution in [3.8, 4) is 0 Å². The van der Waals surface area contributed by atoms with E-state index in [1.165, 1.54) is 0 Å². The van der Waals surface area contributed by atoms with E-state index >= 15 is 0 Å². The number of Topliss-reactive ketones (excluding diaryl/α,β-unsaturated/α-hetero) is 2. The van der Waals surface area contributed by atoms with Crippen LogP contribution in [0, 0.1) is 0 Å². The van der Waals surface area contributed by atoms with Gasteiger partial charge in [-0.3, -0.25) is 38.7 Å². The smallest absolute Gasteiger partial charge is 0.327 e. The highest BCUT2D eigenvalue weighted by Gasteiger charge is 2.26. The number of esters is 2. The summed E-state index contributed by atoms with van der Waals surface area (Å²) in [7, 11) is 0. The number of hydrogen-bond donors (Lipinski definition) is 1. The van der Waals surface area contributed by atoms with E-state index < -0.39 is 17.9 Å². The predicted octanol–water partition coefficient (Wildman–Crippen LogP) is -2.40. The van der Waals surface area contributed by atoms with Crippen LogP contribution in [0.3, 0.4) is 0 Å². The molecule has 2 rings (SSSR count). The minimum absolute atomic E-state index is 0.0121. The Hall–Kier alpha value is -2.17. The molecule has 0 aromatic rings. The first kappa shape index (κ1) is 19.2. The Morgan fingerprint density at radius 3 is 1.88 bits per heavy atom. The van der Waals surface area contributed by atoms with Crippen molar-refractivity contribution in [3.63, 3.8) is 0 Å². The molecule has 0 aromatic heterocycles. The molecule has 1 N–H and O–H groups in total. The minimum atomic E-state index is -1.00. The van der Waals surface area contributed by atoms with E-state index in [2.05, 4.69) is 4.74 Å². The number of ether oxygens (including phenoxy) is 1. The summed E-state index contributed by atoms with van der Waals surface area (Å²) in [5, 5.41) is 9.02. The molecule has 2 aliphatic rings. The van der Waals surface area contributed by atoms with Crippen molar-refractivity contribution in [2.24, 2.45) is 0 Å². The Bertz CT molecular complexity index is 503. The van der Waals surface area contributed by atoms with E-state index in [9.17, 15) is 24.0 Å². The van der Waals surface area contributed by atoms with Crippen molar-refractivity contribution in [3.05, 3.63) is 0 Å². The molecule has 2 heterocycles. The topological polar surface area (TPSA) is 125 Å². The first-order valence-corrected chi connectivity index (χ1v) is 7.97. The largest absolute Gasteiger partial charge is 0.480 e. The highest BCUT2D eigenvalue weighted by Crippen LogP contribution is 2.04. The number of cyclic esters (lactones) is 2. The maximum Gasteiger partial charge on any atom is 0.327 e. The van der Waals surface area contributed by atoms with Crippen molar-refractivity contribution >= 4 is 29.5 Å². The molecule has 0 aromatic carbocycles. The van der Waals surface area contributed by atoms with Crippen LogP contribution >= 0.6 is 0 Å². The summed E-state index contributed by atoms with van der Waals surface area (Å²) in [4.78, 5) is 61.3. The number of aliphatic carboxylic acids is 1. The monoisotopic (exact) mass is 355 g/mol. The summed E-state index contributed by atoms with van der Waals surface area (Å²) in [5.41, 5.74) is 0. The maximum atomic E-state index is 11.4. The molecule has 25 heavy (non-hydrogen) atoms. The lowest BCUT2D eigenvalue weighted by molar-refractivity contribution is -0.167. The molecular formula is C15H21N3O7. The second kappa shape index (κ2) is 8.79. The molecule has 10 nitrogen and oxygen atoms in total. The highest BCUT2D eigenvalue weighted by atomic mass is 16.6. The molecule has 0 unspecified atom stereocenters. The lowest BCUT2D eigenvalue weighted by Gasteiger charge is -2.30. The number of morpholine rings is 1. The second-order valence-electron chi connectivity index (χ2n) is 6.19. The van der Waals surface area contributed by atoms with Crippen molar-refractivity contribution in [1.82, 2.24) is 14.7 Å². The van der Waals surface area contributed by atoms with Gasteiger partial charge in [0.1, 0.15) is 0 Å². The predicted molar refractivity (Wildman–Crippen MR) is 82.7 cm³/mol. The average molecular weight is 355 g/mol. The SMILES string of the molecule is O=C(O)CN(CCN1CC(=O)CC(=O)C1)CCN1CC(=O)OC(=O)C1. The number of carboxylic acid groups (broad SMARTS) is 1. The fourth-order valence-corrected chi connectivity index (χ4v) is 2.84. The van der Waals surface area contributed by atoms with Crippen LogP contribution in [0.25, 0.3) is 0 Å². The number of carbonyl (C=O) groups excluding carboxylic acids is 4. The number of rotatable bonds is 8. The van der Waals surface area contributed by atoms with Crippen LogP contribution in [0.5, 0.6) is 0 Å². The minimum Gasteiger partial charge on any atom is -0.480 e. The quantitative estimate of drug-likeness (QED) is 0.372. The Balaban J connectivity index is 1.82. The molecule has 0 atom stereocenters. The highest BCUT2D eigenvalue weighted by molar-refractivity contribution is 6.03. The Kier molecular flexibility index (Phi) is 6.73. The Labute approximate surface area is 144 Å². The van der Waals surface area contributed by atoms with Gasteiger partial charge in [-0.1, -0.05) is 0 Å². The Morgan fingerprint density at radius 1 is 0.920 bits per heavy atom. The molecule has 2 aliphatic heterocycles. The normalized spacial score (nSPS) is 20.2. The first-order valence-electron chi connectivity index (χ1n) is 7.97. The third-order valence-corrected chi connectivity index (χ3v) is 3.95. The number of piperidine rings is 1. The van der Waals surface area contributed by atoms with Crippen LogP contribution in [-0.4, -0.2) is 108 Å². The summed E-state index contributed by atoms with van der Waals surface area (Å²) < 4.78 is 4.44. The van der Waals surface area contributed by atoms with Gasteiger partial charge < -0.3 is 9.84 Å². The molecular weight excluding hydrogens is 334 g/mol. The summed E-state index contributed by atoms with van der Waals surface area (Å²) in [6.07, 6.45) is -0.0333. The molecule has 0 saturated carbocycles. The first-order chi connectivity index (χ1) is 11.8. The van der Waals surface area contributed by atoms with Gasteiger partial charge in [0.05, 0.1) is 39.1 Å². The fourth-order valence-electron chi connectivity index (χ4n) is 2.84. The van der Waals surface area contributed by atoms with Gasteiger partial charge in [0.25, 0.3) is 0 Å². The van der Waals surface area contributed by atoms with Crippen LogP contribution in [0.4, 0.5) is 0 Å². The Morgan fingerprint density at radius 2 is 1.40 bits per heavy atom.